The molecule has 2 rings (SSSR count). The molecular formula is C14H22N4O2S. The Labute approximate surface area is 129 Å². The fourth-order valence-corrected chi connectivity index (χ4v) is 3.25. The third-order valence-corrected chi connectivity index (χ3v) is 4.39. The van der Waals surface area contributed by atoms with Gasteiger partial charge in [0.1, 0.15) is 16.1 Å². The van der Waals surface area contributed by atoms with Crippen LogP contribution in [0.1, 0.15) is 37.2 Å². The number of amides is 2. The summed E-state index contributed by atoms with van der Waals surface area (Å²) in [4.78, 5) is 28.3. The molecule has 1 saturated heterocycles. The monoisotopic (exact) mass is 310 g/mol. The molecule has 1 aliphatic rings. The van der Waals surface area contributed by atoms with Crippen molar-refractivity contribution < 1.29 is 9.59 Å². The van der Waals surface area contributed by atoms with Crippen molar-refractivity contribution in [3.63, 3.8) is 0 Å². The van der Waals surface area contributed by atoms with Gasteiger partial charge >= 0.3 is 0 Å². The number of carbonyl (C=O) groups excluding carboxylic acids is 2. The van der Waals surface area contributed by atoms with E-state index in [0.717, 1.165) is 10.0 Å². The molecule has 1 atom stereocenters. The summed E-state index contributed by atoms with van der Waals surface area (Å²) in [7, 11) is 0. The van der Waals surface area contributed by atoms with Crippen LogP contribution in [0, 0.1) is 12.8 Å². The second-order valence-electron chi connectivity index (χ2n) is 5.73. The third-order valence-electron chi connectivity index (χ3n) is 3.57. The number of aryl methyl sites for hydroxylation is 1. The largest absolute Gasteiger partial charge is 0.332 e. The number of piperazine rings is 1. The van der Waals surface area contributed by atoms with E-state index in [1.165, 1.54) is 11.3 Å². The van der Waals surface area contributed by atoms with Crippen LogP contribution < -0.4 is 0 Å². The standard InChI is InChI=1S/C14H22N4O2S/c1-5-17-8-13(19)18(7-12-16-15-10(4)21-12)11(14(17)20)6-9(2)3/h9,11H,5-8H2,1-4H3/t11-/m0/s1. The number of likely N-dealkylation sites (N-methyl/N-ethyl adjacent to an activating group) is 1. The molecule has 0 unspecified atom stereocenters. The first kappa shape index (κ1) is 15.9. The summed E-state index contributed by atoms with van der Waals surface area (Å²) in [5.74, 6) is 0.393. The predicted octanol–water partition coefficient (Wildman–Crippen LogP) is 1.45. The molecular weight excluding hydrogens is 288 g/mol. The lowest BCUT2D eigenvalue weighted by molar-refractivity contribution is -0.157. The number of aromatic nitrogens is 2. The van der Waals surface area contributed by atoms with E-state index in [9.17, 15) is 9.59 Å². The van der Waals surface area contributed by atoms with Crippen LogP contribution in [-0.4, -0.2) is 50.9 Å². The molecule has 0 N–H and O–H groups in total. The molecule has 0 saturated carbocycles. The fourth-order valence-electron chi connectivity index (χ4n) is 2.54. The SMILES string of the molecule is CCN1CC(=O)N(Cc2nnc(C)s2)[C@@H](CC(C)C)C1=O. The Morgan fingerprint density at radius 2 is 2.05 bits per heavy atom. The topological polar surface area (TPSA) is 66.4 Å². The van der Waals surface area contributed by atoms with Crippen LogP contribution in [-0.2, 0) is 16.1 Å². The lowest BCUT2D eigenvalue weighted by atomic mass is 9.99. The molecule has 0 aliphatic carbocycles. The zero-order chi connectivity index (χ0) is 15.6. The molecule has 1 fully saturated rings. The quantitative estimate of drug-likeness (QED) is 0.825. The summed E-state index contributed by atoms with van der Waals surface area (Å²) in [5, 5.41) is 9.71. The van der Waals surface area contributed by atoms with Gasteiger partial charge in [-0.2, -0.15) is 0 Å². The normalized spacial score (nSPS) is 19.8. The molecule has 7 heteroatoms. The van der Waals surface area contributed by atoms with Gasteiger partial charge in [0.2, 0.25) is 11.8 Å². The zero-order valence-electron chi connectivity index (χ0n) is 13.0. The number of carbonyl (C=O) groups is 2. The highest BCUT2D eigenvalue weighted by atomic mass is 32.1. The van der Waals surface area contributed by atoms with Crippen molar-refractivity contribution in [3.05, 3.63) is 10.0 Å². The maximum absolute atomic E-state index is 12.5. The molecule has 2 amide bonds. The molecule has 1 aromatic heterocycles. The molecule has 1 aromatic rings. The van der Waals surface area contributed by atoms with Gasteiger partial charge in [0, 0.05) is 6.54 Å². The molecule has 0 aromatic carbocycles. The van der Waals surface area contributed by atoms with Gasteiger partial charge in [-0.05, 0) is 26.2 Å². The van der Waals surface area contributed by atoms with Gasteiger partial charge in [-0.25, -0.2) is 0 Å². The van der Waals surface area contributed by atoms with Crippen molar-refractivity contribution in [3.8, 4) is 0 Å². The summed E-state index contributed by atoms with van der Waals surface area (Å²) in [6, 6.07) is -0.379. The third kappa shape index (κ3) is 3.58. The molecule has 116 valence electrons. The predicted molar refractivity (Wildman–Crippen MR) is 80.7 cm³/mol. The average molecular weight is 310 g/mol. The van der Waals surface area contributed by atoms with Gasteiger partial charge in [-0.1, -0.05) is 25.2 Å². The van der Waals surface area contributed by atoms with Crippen LogP contribution in [0.15, 0.2) is 0 Å². The fraction of sp³-hybridized carbons (Fsp3) is 0.714. The van der Waals surface area contributed by atoms with Crippen LogP contribution in [0.2, 0.25) is 0 Å². The molecule has 0 radical (unpaired) electrons. The van der Waals surface area contributed by atoms with E-state index in [-0.39, 0.29) is 24.4 Å². The van der Waals surface area contributed by atoms with Crippen molar-refractivity contribution in [2.75, 3.05) is 13.1 Å². The second kappa shape index (κ2) is 6.51. The maximum atomic E-state index is 12.5. The van der Waals surface area contributed by atoms with Crippen molar-refractivity contribution in [2.45, 2.75) is 46.7 Å². The van der Waals surface area contributed by atoms with Gasteiger partial charge in [-0.15, -0.1) is 10.2 Å². The van der Waals surface area contributed by atoms with Gasteiger partial charge in [0.15, 0.2) is 0 Å². The summed E-state index contributed by atoms with van der Waals surface area (Å²) in [6.07, 6.45) is 0.679. The Kier molecular flexibility index (Phi) is 4.92. The van der Waals surface area contributed by atoms with Crippen molar-refractivity contribution in [1.82, 2.24) is 20.0 Å². The van der Waals surface area contributed by atoms with Crippen LogP contribution >= 0.6 is 11.3 Å². The molecule has 0 spiro atoms. The van der Waals surface area contributed by atoms with E-state index in [4.69, 9.17) is 0 Å². The second-order valence-corrected chi connectivity index (χ2v) is 7.00. The average Bonchev–Trinajstić information content (AvgIpc) is 2.82. The summed E-state index contributed by atoms with van der Waals surface area (Å²) >= 11 is 1.47. The number of hydrogen-bond acceptors (Lipinski definition) is 5. The molecule has 1 aliphatic heterocycles. The van der Waals surface area contributed by atoms with E-state index < -0.39 is 0 Å². The van der Waals surface area contributed by atoms with Crippen LogP contribution in [0.5, 0.6) is 0 Å². The number of rotatable bonds is 5. The van der Waals surface area contributed by atoms with Crippen LogP contribution in [0.3, 0.4) is 0 Å². The Bertz CT molecular complexity index is 529. The maximum Gasteiger partial charge on any atom is 0.245 e. The van der Waals surface area contributed by atoms with Gasteiger partial charge in [-0.3, -0.25) is 9.59 Å². The van der Waals surface area contributed by atoms with E-state index in [1.54, 1.807) is 9.80 Å². The number of nitrogens with zero attached hydrogens (tertiary/aromatic N) is 4. The zero-order valence-corrected chi connectivity index (χ0v) is 13.8. The molecule has 6 nitrogen and oxygen atoms in total. The summed E-state index contributed by atoms with van der Waals surface area (Å²) < 4.78 is 0. The highest BCUT2D eigenvalue weighted by Crippen LogP contribution is 2.22. The Hall–Kier alpha value is -1.50. The smallest absolute Gasteiger partial charge is 0.245 e. The first-order chi connectivity index (χ1) is 9.92. The number of hydrogen-bond donors (Lipinski definition) is 0. The first-order valence-electron chi connectivity index (χ1n) is 7.29. The van der Waals surface area contributed by atoms with E-state index in [0.29, 0.717) is 25.4 Å². The Morgan fingerprint density at radius 3 is 2.57 bits per heavy atom. The van der Waals surface area contributed by atoms with Crippen LogP contribution in [0.4, 0.5) is 0 Å². The van der Waals surface area contributed by atoms with Crippen molar-refractivity contribution in [2.24, 2.45) is 5.92 Å². The van der Waals surface area contributed by atoms with Crippen molar-refractivity contribution in [1.29, 1.82) is 0 Å². The molecule has 2 heterocycles. The summed E-state index contributed by atoms with van der Waals surface area (Å²) in [5.41, 5.74) is 0. The van der Waals surface area contributed by atoms with Gasteiger partial charge in [0.25, 0.3) is 0 Å². The highest BCUT2D eigenvalue weighted by molar-refractivity contribution is 7.11. The first-order valence-corrected chi connectivity index (χ1v) is 8.11. The van der Waals surface area contributed by atoms with Gasteiger partial charge < -0.3 is 9.80 Å². The minimum Gasteiger partial charge on any atom is -0.332 e. The lowest BCUT2D eigenvalue weighted by Gasteiger charge is -2.40. The Morgan fingerprint density at radius 1 is 1.33 bits per heavy atom. The van der Waals surface area contributed by atoms with Crippen LogP contribution in [0.25, 0.3) is 0 Å². The van der Waals surface area contributed by atoms with E-state index >= 15 is 0 Å². The molecule has 21 heavy (non-hydrogen) atoms. The minimum atomic E-state index is -0.379. The van der Waals surface area contributed by atoms with Crippen molar-refractivity contribution >= 4 is 23.2 Å². The van der Waals surface area contributed by atoms with Gasteiger partial charge in [0.05, 0.1) is 13.1 Å². The highest BCUT2D eigenvalue weighted by Gasteiger charge is 2.39. The Balaban J connectivity index is 2.22. The summed E-state index contributed by atoms with van der Waals surface area (Å²) in [6.45, 7) is 9.04. The lowest BCUT2D eigenvalue weighted by Crippen LogP contribution is -2.59. The molecule has 0 bridgehead atoms. The van der Waals surface area contributed by atoms with E-state index in [2.05, 4.69) is 24.0 Å². The van der Waals surface area contributed by atoms with E-state index in [1.807, 2.05) is 13.8 Å². The minimum absolute atomic E-state index is 0.00467.